The largest absolute Gasteiger partial charge is 0.491 e. The topological polar surface area (TPSA) is 62.8 Å². The van der Waals surface area contributed by atoms with Gasteiger partial charge in [-0.1, -0.05) is 30.3 Å². The van der Waals surface area contributed by atoms with Gasteiger partial charge in [-0.3, -0.25) is 0 Å². The Labute approximate surface area is 193 Å². The van der Waals surface area contributed by atoms with E-state index in [9.17, 15) is 18.3 Å². The van der Waals surface area contributed by atoms with Crippen LogP contribution in [0.4, 0.5) is 13.2 Å². The fourth-order valence-corrected chi connectivity index (χ4v) is 3.98. The first-order valence-corrected chi connectivity index (χ1v) is 11.5. The van der Waals surface area contributed by atoms with Gasteiger partial charge in [-0.2, -0.15) is 13.2 Å². The Morgan fingerprint density at radius 3 is 2.24 bits per heavy atom. The maximum atomic E-state index is 12.7. The summed E-state index contributed by atoms with van der Waals surface area (Å²) in [5, 5.41) is 16.7. The molecule has 5 nitrogen and oxygen atoms in total. The molecule has 3 rings (SSSR count). The lowest BCUT2D eigenvalue weighted by Gasteiger charge is -2.32. The number of aliphatic hydroxyl groups is 1. The normalized spacial score (nSPS) is 16.8. The zero-order valence-corrected chi connectivity index (χ0v) is 18.7. The predicted molar refractivity (Wildman–Crippen MR) is 121 cm³/mol. The maximum Gasteiger partial charge on any atom is 0.389 e. The molecule has 0 aromatic heterocycles. The van der Waals surface area contributed by atoms with Crippen LogP contribution in [0.25, 0.3) is 0 Å². The maximum absolute atomic E-state index is 12.7. The monoisotopic (exact) mass is 466 g/mol. The third-order valence-corrected chi connectivity index (χ3v) is 5.82. The molecule has 1 saturated heterocycles. The van der Waals surface area contributed by atoms with Gasteiger partial charge in [0.2, 0.25) is 0 Å². The summed E-state index contributed by atoms with van der Waals surface area (Å²) in [4.78, 5) is 0. The molecule has 0 amide bonds. The Morgan fingerprint density at radius 2 is 1.61 bits per heavy atom. The summed E-state index contributed by atoms with van der Waals surface area (Å²) in [6.07, 6.45) is -4.13. The van der Waals surface area contributed by atoms with Gasteiger partial charge in [-0.25, -0.2) is 0 Å². The molecule has 2 aromatic carbocycles. The molecule has 1 aliphatic rings. The second kappa shape index (κ2) is 12.8. The van der Waals surface area contributed by atoms with Crippen molar-refractivity contribution in [2.75, 3.05) is 26.2 Å². The van der Waals surface area contributed by atoms with Crippen molar-refractivity contribution in [1.29, 1.82) is 0 Å². The van der Waals surface area contributed by atoms with Crippen LogP contribution in [0.15, 0.2) is 54.6 Å². The number of hydrogen-bond acceptors (Lipinski definition) is 5. The van der Waals surface area contributed by atoms with Crippen LogP contribution in [0.5, 0.6) is 11.5 Å². The van der Waals surface area contributed by atoms with E-state index in [0.717, 1.165) is 31.5 Å². The van der Waals surface area contributed by atoms with Gasteiger partial charge in [0.15, 0.2) is 0 Å². The first-order valence-electron chi connectivity index (χ1n) is 11.5. The fraction of sp³-hybridized carbons (Fsp3) is 0.520. The second-order valence-electron chi connectivity index (χ2n) is 8.47. The Bertz CT molecular complexity index is 797. The molecule has 3 N–H and O–H groups in total. The third-order valence-electron chi connectivity index (χ3n) is 5.82. The molecule has 0 spiro atoms. The summed E-state index contributed by atoms with van der Waals surface area (Å²) in [6.45, 7) is 2.33. The van der Waals surface area contributed by atoms with Gasteiger partial charge in [0.1, 0.15) is 30.8 Å². The van der Waals surface area contributed by atoms with Crippen LogP contribution in [-0.2, 0) is 6.61 Å². The molecular weight excluding hydrogens is 433 g/mol. The van der Waals surface area contributed by atoms with Crippen molar-refractivity contribution in [2.24, 2.45) is 5.92 Å². The molecule has 8 heteroatoms. The lowest BCUT2D eigenvalue weighted by Crippen LogP contribution is -2.45. The summed E-state index contributed by atoms with van der Waals surface area (Å²) in [5.74, 6) is 1.47. The number of nitrogens with one attached hydrogen (secondary N) is 2. The Hall–Kier alpha value is -2.29. The van der Waals surface area contributed by atoms with Crippen LogP contribution >= 0.6 is 0 Å². The van der Waals surface area contributed by atoms with Gasteiger partial charge in [-0.15, -0.1) is 0 Å². The number of aliphatic hydroxyl groups excluding tert-OH is 1. The minimum absolute atomic E-state index is 0.0200. The quantitative estimate of drug-likeness (QED) is 0.435. The van der Waals surface area contributed by atoms with Crippen molar-refractivity contribution in [3.8, 4) is 11.5 Å². The van der Waals surface area contributed by atoms with Crippen molar-refractivity contribution in [3.63, 3.8) is 0 Å². The number of rotatable bonds is 12. The summed E-state index contributed by atoms with van der Waals surface area (Å²) in [5.41, 5.74) is 1.08. The Kier molecular flexibility index (Phi) is 9.84. The molecular formula is C25H33F3N2O3. The third kappa shape index (κ3) is 9.61. The van der Waals surface area contributed by atoms with Crippen LogP contribution in [0.3, 0.4) is 0 Å². The van der Waals surface area contributed by atoms with Gasteiger partial charge in [0.05, 0.1) is 0 Å². The molecule has 33 heavy (non-hydrogen) atoms. The average Bonchev–Trinajstić information content (AvgIpc) is 2.82. The van der Waals surface area contributed by atoms with Crippen LogP contribution in [0.1, 0.15) is 31.2 Å². The summed E-state index contributed by atoms with van der Waals surface area (Å²) < 4.78 is 49.6. The van der Waals surface area contributed by atoms with Crippen molar-refractivity contribution >= 4 is 0 Å². The summed E-state index contributed by atoms with van der Waals surface area (Å²) in [7, 11) is 0. The Balaban J connectivity index is 1.40. The van der Waals surface area contributed by atoms with Crippen LogP contribution in [-0.4, -0.2) is 49.7 Å². The molecule has 1 unspecified atom stereocenters. The van der Waals surface area contributed by atoms with Gasteiger partial charge in [0, 0.05) is 19.0 Å². The van der Waals surface area contributed by atoms with E-state index < -0.39 is 18.7 Å². The highest BCUT2D eigenvalue weighted by molar-refractivity contribution is 5.31. The second-order valence-corrected chi connectivity index (χ2v) is 8.47. The standard InChI is InChI=1S/C25H33F3N2O3/c26-25(27,28)13-10-24(20-11-14-29-15-12-20)30-16-21(31)18-33-23-8-6-22(7-9-23)32-17-19-4-2-1-3-5-19/h1-9,20-21,24,29-31H,10-18H2/t21-,24?/m0/s1. The first-order chi connectivity index (χ1) is 15.9. The van der Waals surface area contributed by atoms with Gasteiger partial charge < -0.3 is 25.2 Å². The zero-order chi connectivity index (χ0) is 23.5. The number of piperidine rings is 1. The zero-order valence-electron chi connectivity index (χ0n) is 18.7. The molecule has 1 fully saturated rings. The number of alkyl halides is 3. The van der Waals surface area contributed by atoms with E-state index in [4.69, 9.17) is 9.47 Å². The van der Waals surface area contributed by atoms with Crippen LogP contribution < -0.4 is 20.1 Å². The predicted octanol–water partition coefficient (Wildman–Crippen LogP) is 4.31. The van der Waals surface area contributed by atoms with Gasteiger partial charge in [-0.05, 0) is 68.1 Å². The van der Waals surface area contributed by atoms with Gasteiger partial charge in [0.25, 0.3) is 0 Å². The molecule has 0 bridgehead atoms. The average molecular weight is 467 g/mol. The lowest BCUT2D eigenvalue weighted by atomic mass is 9.87. The van der Waals surface area contributed by atoms with Gasteiger partial charge >= 0.3 is 6.18 Å². The molecule has 2 aromatic rings. The SMILES string of the molecule is O[C@@H](CNC(CCC(F)(F)F)C1CCNCC1)COc1ccc(OCc2ccccc2)cc1. The van der Waals surface area contributed by atoms with Crippen molar-refractivity contribution in [3.05, 3.63) is 60.2 Å². The molecule has 0 aliphatic carbocycles. The molecule has 1 aliphatic heterocycles. The summed E-state index contributed by atoms with van der Waals surface area (Å²) in [6, 6.07) is 16.7. The van der Waals surface area contributed by atoms with E-state index >= 15 is 0 Å². The molecule has 2 atom stereocenters. The van der Waals surface area contributed by atoms with E-state index in [2.05, 4.69) is 10.6 Å². The molecule has 0 saturated carbocycles. The van der Waals surface area contributed by atoms with Crippen molar-refractivity contribution in [2.45, 2.75) is 50.6 Å². The fourth-order valence-electron chi connectivity index (χ4n) is 3.98. The van der Waals surface area contributed by atoms with E-state index in [1.807, 2.05) is 30.3 Å². The minimum atomic E-state index is -4.18. The summed E-state index contributed by atoms with van der Waals surface area (Å²) >= 11 is 0. The van der Waals surface area contributed by atoms with E-state index in [1.165, 1.54) is 0 Å². The number of halogens is 3. The highest BCUT2D eigenvalue weighted by atomic mass is 19.4. The van der Waals surface area contributed by atoms with E-state index in [-0.39, 0.29) is 31.5 Å². The molecule has 0 radical (unpaired) electrons. The highest BCUT2D eigenvalue weighted by Crippen LogP contribution is 2.27. The minimum Gasteiger partial charge on any atom is -0.491 e. The molecule has 1 heterocycles. The lowest BCUT2D eigenvalue weighted by molar-refractivity contribution is -0.137. The molecule has 182 valence electrons. The van der Waals surface area contributed by atoms with Crippen molar-refractivity contribution in [1.82, 2.24) is 10.6 Å². The van der Waals surface area contributed by atoms with E-state index in [0.29, 0.717) is 18.1 Å². The Morgan fingerprint density at radius 1 is 0.970 bits per heavy atom. The van der Waals surface area contributed by atoms with E-state index in [1.54, 1.807) is 24.3 Å². The van der Waals surface area contributed by atoms with Crippen molar-refractivity contribution < 1.29 is 27.8 Å². The smallest absolute Gasteiger partial charge is 0.389 e. The number of hydrogen-bond donors (Lipinski definition) is 3. The number of benzene rings is 2. The van der Waals surface area contributed by atoms with Crippen LogP contribution in [0.2, 0.25) is 0 Å². The highest BCUT2D eigenvalue weighted by Gasteiger charge is 2.31. The number of ether oxygens (including phenoxy) is 2. The first kappa shape index (κ1) is 25.3. The van der Waals surface area contributed by atoms with Crippen LogP contribution in [0, 0.1) is 5.92 Å².